The van der Waals surface area contributed by atoms with Crippen LogP contribution in [0.5, 0.6) is 0 Å². The second-order valence-electron chi connectivity index (χ2n) is 4.96. The first-order valence-electron chi connectivity index (χ1n) is 7.44. The Morgan fingerprint density at radius 3 is 2.61 bits per heavy atom. The van der Waals surface area contributed by atoms with Gasteiger partial charge in [0.15, 0.2) is 0 Å². The number of unbranched alkanes of at least 4 members (excludes halogenated alkanes) is 3. The van der Waals surface area contributed by atoms with Crippen LogP contribution in [-0.2, 0) is 4.74 Å². The summed E-state index contributed by atoms with van der Waals surface area (Å²) in [5, 5.41) is 0. The topological polar surface area (TPSA) is 12.5 Å². The van der Waals surface area contributed by atoms with Crippen LogP contribution >= 0.6 is 0 Å². The number of hydrogen-bond acceptors (Lipinski definition) is 1. The minimum Gasteiger partial charge on any atom is -0.369 e. The largest absolute Gasteiger partial charge is 0.369 e. The normalized spacial score (nSPS) is 22.9. The maximum atomic E-state index is 5.66. The molecule has 1 heteroatoms. The lowest BCUT2D eigenvalue weighted by molar-refractivity contribution is 0.359. The molecule has 0 aliphatic carbocycles. The van der Waals surface area contributed by atoms with Crippen LogP contribution in [0.15, 0.2) is 37.0 Å². The highest BCUT2D eigenvalue weighted by Gasteiger charge is 2.36. The standard InChI is InChI=1S/C17H28O/c1-3-5-7-9-11-13-15-17-16(18-17)14-12-10-8-6-4-2/h4-5,7,11,13,16-17H,2-3,6,8-10,12,14-15H2,1H3. The summed E-state index contributed by atoms with van der Waals surface area (Å²) in [6, 6.07) is 0. The Balaban J connectivity index is 1.90. The Kier molecular flexibility index (Phi) is 8.58. The predicted molar refractivity (Wildman–Crippen MR) is 79.7 cm³/mol. The van der Waals surface area contributed by atoms with Crippen molar-refractivity contribution in [2.24, 2.45) is 0 Å². The zero-order valence-electron chi connectivity index (χ0n) is 11.8. The predicted octanol–water partition coefficient (Wildman–Crippen LogP) is 5.19. The average molecular weight is 248 g/mol. The number of hydrogen-bond donors (Lipinski definition) is 0. The van der Waals surface area contributed by atoms with Crippen LogP contribution in [0.25, 0.3) is 0 Å². The van der Waals surface area contributed by atoms with Crippen molar-refractivity contribution in [2.45, 2.75) is 70.5 Å². The van der Waals surface area contributed by atoms with E-state index in [1.807, 2.05) is 6.08 Å². The molecule has 1 aliphatic rings. The van der Waals surface area contributed by atoms with Gasteiger partial charge in [-0.15, -0.1) is 6.58 Å². The fourth-order valence-electron chi connectivity index (χ4n) is 2.12. The molecular weight excluding hydrogens is 220 g/mol. The second kappa shape index (κ2) is 10.1. The van der Waals surface area contributed by atoms with Crippen molar-refractivity contribution in [3.05, 3.63) is 37.0 Å². The minimum atomic E-state index is 0.510. The van der Waals surface area contributed by atoms with E-state index in [-0.39, 0.29) is 0 Å². The van der Waals surface area contributed by atoms with Crippen LogP contribution in [0.4, 0.5) is 0 Å². The van der Waals surface area contributed by atoms with Crippen molar-refractivity contribution < 1.29 is 4.74 Å². The van der Waals surface area contributed by atoms with Crippen molar-refractivity contribution in [3.8, 4) is 0 Å². The summed E-state index contributed by atoms with van der Waals surface area (Å²) in [6.45, 7) is 5.91. The van der Waals surface area contributed by atoms with E-state index in [1.165, 1.54) is 25.7 Å². The van der Waals surface area contributed by atoms with Gasteiger partial charge in [0, 0.05) is 0 Å². The smallest absolute Gasteiger partial charge is 0.0876 e. The van der Waals surface area contributed by atoms with Crippen LogP contribution in [0.3, 0.4) is 0 Å². The number of epoxide rings is 1. The summed E-state index contributed by atoms with van der Waals surface area (Å²) in [4.78, 5) is 0. The van der Waals surface area contributed by atoms with Crippen LogP contribution in [0, 0.1) is 0 Å². The lowest BCUT2D eigenvalue weighted by Gasteiger charge is -1.95. The van der Waals surface area contributed by atoms with Gasteiger partial charge in [-0.2, -0.15) is 0 Å². The Bertz CT molecular complexity index is 265. The summed E-state index contributed by atoms with van der Waals surface area (Å²) >= 11 is 0. The summed E-state index contributed by atoms with van der Waals surface area (Å²) in [5.74, 6) is 0. The van der Waals surface area contributed by atoms with Gasteiger partial charge >= 0.3 is 0 Å². The van der Waals surface area contributed by atoms with E-state index in [9.17, 15) is 0 Å². The molecule has 1 rings (SSSR count). The lowest BCUT2D eigenvalue weighted by atomic mass is 10.1. The fourth-order valence-corrected chi connectivity index (χ4v) is 2.12. The number of rotatable bonds is 11. The molecule has 1 heterocycles. The highest BCUT2D eigenvalue weighted by molar-refractivity contribution is 4.97. The minimum absolute atomic E-state index is 0.510. The van der Waals surface area contributed by atoms with Gasteiger partial charge in [0.25, 0.3) is 0 Å². The zero-order chi connectivity index (χ0) is 13.1. The molecule has 0 amide bonds. The van der Waals surface area contributed by atoms with Crippen LogP contribution in [-0.4, -0.2) is 12.2 Å². The van der Waals surface area contributed by atoms with Crippen molar-refractivity contribution in [3.63, 3.8) is 0 Å². The van der Waals surface area contributed by atoms with Gasteiger partial charge in [0.05, 0.1) is 12.2 Å². The summed E-state index contributed by atoms with van der Waals surface area (Å²) in [6.07, 6.45) is 21.6. The Morgan fingerprint density at radius 1 is 1.00 bits per heavy atom. The van der Waals surface area contributed by atoms with Gasteiger partial charge in [0.2, 0.25) is 0 Å². The van der Waals surface area contributed by atoms with Crippen molar-refractivity contribution in [2.75, 3.05) is 0 Å². The van der Waals surface area contributed by atoms with Gasteiger partial charge in [-0.1, -0.05) is 50.1 Å². The Hall–Kier alpha value is -0.820. The second-order valence-corrected chi connectivity index (χ2v) is 4.96. The lowest BCUT2D eigenvalue weighted by Crippen LogP contribution is -1.92. The monoisotopic (exact) mass is 248 g/mol. The van der Waals surface area contributed by atoms with Crippen LogP contribution in [0.1, 0.15) is 58.3 Å². The van der Waals surface area contributed by atoms with E-state index in [2.05, 4.69) is 37.8 Å². The third-order valence-corrected chi connectivity index (χ3v) is 3.29. The van der Waals surface area contributed by atoms with Crippen molar-refractivity contribution in [1.82, 2.24) is 0 Å². The molecule has 0 saturated carbocycles. The summed E-state index contributed by atoms with van der Waals surface area (Å²) in [7, 11) is 0. The van der Waals surface area contributed by atoms with Crippen LogP contribution < -0.4 is 0 Å². The molecule has 0 aromatic heterocycles. The third kappa shape index (κ3) is 7.50. The summed E-state index contributed by atoms with van der Waals surface area (Å²) < 4.78 is 5.66. The van der Waals surface area contributed by atoms with Crippen molar-refractivity contribution in [1.29, 1.82) is 0 Å². The van der Waals surface area contributed by atoms with Gasteiger partial charge < -0.3 is 4.74 Å². The molecule has 0 aromatic rings. The Labute approximate surface area is 113 Å². The molecule has 2 atom stereocenters. The van der Waals surface area contributed by atoms with E-state index in [1.54, 1.807) is 0 Å². The zero-order valence-corrected chi connectivity index (χ0v) is 11.8. The molecule has 18 heavy (non-hydrogen) atoms. The van der Waals surface area contributed by atoms with E-state index in [0.29, 0.717) is 12.2 Å². The van der Waals surface area contributed by atoms with E-state index in [4.69, 9.17) is 4.74 Å². The van der Waals surface area contributed by atoms with Crippen molar-refractivity contribution >= 4 is 0 Å². The maximum absolute atomic E-state index is 5.66. The SMILES string of the molecule is C=CCCCCCC1OC1CC=CCC=CCC. The average Bonchev–Trinajstić information content (AvgIpc) is 3.12. The number of allylic oxidation sites excluding steroid dienone is 4. The quantitative estimate of drug-likeness (QED) is 0.278. The molecular formula is C17H28O. The highest BCUT2D eigenvalue weighted by Crippen LogP contribution is 2.30. The molecule has 1 saturated heterocycles. The molecule has 0 spiro atoms. The Morgan fingerprint density at radius 2 is 1.83 bits per heavy atom. The molecule has 0 bridgehead atoms. The third-order valence-electron chi connectivity index (χ3n) is 3.29. The molecule has 1 fully saturated rings. The molecule has 102 valence electrons. The molecule has 2 unspecified atom stereocenters. The molecule has 1 aliphatic heterocycles. The fraction of sp³-hybridized carbons (Fsp3) is 0.647. The first-order chi connectivity index (χ1) is 8.88. The molecule has 0 N–H and O–H groups in total. The van der Waals surface area contributed by atoms with Crippen LogP contribution in [0.2, 0.25) is 0 Å². The summed E-state index contributed by atoms with van der Waals surface area (Å²) in [5.41, 5.74) is 0. The van der Waals surface area contributed by atoms with E-state index in [0.717, 1.165) is 25.7 Å². The highest BCUT2D eigenvalue weighted by atomic mass is 16.6. The molecule has 0 aromatic carbocycles. The maximum Gasteiger partial charge on any atom is 0.0876 e. The van der Waals surface area contributed by atoms with Gasteiger partial charge in [0.1, 0.15) is 0 Å². The molecule has 0 radical (unpaired) electrons. The van der Waals surface area contributed by atoms with Gasteiger partial charge in [-0.3, -0.25) is 0 Å². The molecule has 1 nitrogen and oxygen atoms in total. The van der Waals surface area contributed by atoms with Gasteiger partial charge in [-0.05, 0) is 38.5 Å². The van der Waals surface area contributed by atoms with E-state index >= 15 is 0 Å². The van der Waals surface area contributed by atoms with Gasteiger partial charge in [-0.25, -0.2) is 0 Å². The van der Waals surface area contributed by atoms with E-state index < -0.39 is 0 Å². The first kappa shape index (κ1) is 15.2. The number of ether oxygens (including phenoxy) is 1. The first-order valence-corrected chi connectivity index (χ1v) is 7.44.